The molecule has 0 fully saturated rings. The standard InChI is InChI=1S/C22H22N4O5/c1-29-15-7-5-14(6-8-15)23-22(28)17-12-21(27)24-20-11-16(25-26(17)20)13-4-9-18(30-2)19(10-13)31-3/h4-11,17H,12H2,1-3H3,(H,23,28)(H,24,27)/t17-/m1/s1. The third-order valence-corrected chi connectivity index (χ3v) is 5.02. The molecule has 9 heteroatoms. The van der Waals surface area contributed by atoms with Gasteiger partial charge >= 0.3 is 0 Å². The van der Waals surface area contributed by atoms with Gasteiger partial charge in [-0.15, -0.1) is 0 Å². The Bertz CT molecular complexity index is 1120. The molecule has 0 radical (unpaired) electrons. The van der Waals surface area contributed by atoms with Gasteiger partial charge in [-0.25, -0.2) is 4.68 Å². The Hall–Kier alpha value is -4.01. The van der Waals surface area contributed by atoms with Gasteiger partial charge in [0.05, 0.1) is 33.4 Å². The van der Waals surface area contributed by atoms with Crippen molar-refractivity contribution < 1.29 is 23.8 Å². The summed E-state index contributed by atoms with van der Waals surface area (Å²) < 4.78 is 17.3. The number of hydrogen-bond acceptors (Lipinski definition) is 6. The monoisotopic (exact) mass is 422 g/mol. The highest BCUT2D eigenvalue weighted by Crippen LogP contribution is 2.35. The molecule has 0 saturated carbocycles. The van der Waals surface area contributed by atoms with Crippen LogP contribution in [0.1, 0.15) is 12.5 Å². The first-order valence-corrected chi connectivity index (χ1v) is 9.59. The van der Waals surface area contributed by atoms with Crippen LogP contribution in [0.15, 0.2) is 48.5 Å². The molecule has 9 nitrogen and oxygen atoms in total. The van der Waals surface area contributed by atoms with Gasteiger partial charge in [0.25, 0.3) is 0 Å². The van der Waals surface area contributed by atoms with E-state index in [1.807, 2.05) is 6.07 Å². The van der Waals surface area contributed by atoms with Gasteiger partial charge < -0.3 is 24.8 Å². The van der Waals surface area contributed by atoms with E-state index in [1.165, 1.54) is 4.68 Å². The average Bonchev–Trinajstić information content (AvgIpc) is 3.22. The number of benzene rings is 2. The first kappa shape index (κ1) is 20.3. The Labute approximate surface area is 178 Å². The Morgan fingerprint density at radius 3 is 2.45 bits per heavy atom. The minimum Gasteiger partial charge on any atom is -0.497 e. The van der Waals surface area contributed by atoms with Gasteiger partial charge in [0, 0.05) is 17.3 Å². The number of anilines is 2. The topological polar surface area (TPSA) is 104 Å². The minimum absolute atomic E-state index is 0.0119. The molecule has 2 N–H and O–H groups in total. The van der Waals surface area contributed by atoms with Crippen LogP contribution in [0, 0.1) is 0 Å². The van der Waals surface area contributed by atoms with Crippen LogP contribution in [0.4, 0.5) is 11.5 Å². The van der Waals surface area contributed by atoms with Crippen LogP contribution in [-0.2, 0) is 9.59 Å². The van der Waals surface area contributed by atoms with Crippen molar-refractivity contribution in [3.8, 4) is 28.5 Å². The lowest BCUT2D eigenvalue weighted by Gasteiger charge is -2.23. The molecule has 3 aromatic rings. The molecule has 0 unspecified atom stereocenters. The number of hydrogen-bond donors (Lipinski definition) is 2. The van der Waals surface area contributed by atoms with Gasteiger partial charge in [-0.1, -0.05) is 0 Å². The highest BCUT2D eigenvalue weighted by molar-refractivity contribution is 6.01. The fourth-order valence-corrected chi connectivity index (χ4v) is 3.42. The van der Waals surface area contributed by atoms with E-state index in [9.17, 15) is 9.59 Å². The Morgan fingerprint density at radius 1 is 1.03 bits per heavy atom. The van der Waals surface area contributed by atoms with E-state index in [4.69, 9.17) is 14.2 Å². The predicted octanol–water partition coefficient (Wildman–Crippen LogP) is 3.10. The fraction of sp³-hybridized carbons (Fsp3) is 0.227. The van der Waals surface area contributed by atoms with Crippen molar-refractivity contribution in [2.75, 3.05) is 32.0 Å². The van der Waals surface area contributed by atoms with Crippen LogP contribution in [0.2, 0.25) is 0 Å². The zero-order valence-corrected chi connectivity index (χ0v) is 17.3. The van der Waals surface area contributed by atoms with Crippen molar-refractivity contribution in [2.24, 2.45) is 0 Å². The Kier molecular flexibility index (Phi) is 5.48. The van der Waals surface area contributed by atoms with Gasteiger partial charge in [0.15, 0.2) is 11.5 Å². The second-order valence-corrected chi connectivity index (χ2v) is 6.92. The van der Waals surface area contributed by atoms with E-state index in [0.717, 1.165) is 5.56 Å². The number of ether oxygens (including phenoxy) is 3. The van der Waals surface area contributed by atoms with Crippen LogP contribution < -0.4 is 24.8 Å². The molecule has 1 aromatic heterocycles. The van der Waals surface area contributed by atoms with Gasteiger partial charge in [0.1, 0.15) is 17.6 Å². The number of amides is 2. The zero-order valence-electron chi connectivity index (χ0n) is 17.3. The summed E-state index contributed by atoms with van der Waals surface area (Å²) in [5.74, 6) is 1.72. The van der Waals surface area contributed by atoms with E-state index in [0.29, 0.717) is 34.4 Å². The third kappa shape index (κ3) is 4.02. The molecular formula is C22H22N4O5. The number of fused-ring (bicyclic) bond motifs is 1. The molecule has 0 aliphatic carbocycles. The molecular weight excluding hydrogens is 400 g/mol. The highest BCUT2D eigenvalue weighted by Gasteiger charge is 2.32. The van der Waals surface area contributed by atoms with E-state index in [2.05, 4.69) is 15.7 Å². The molecule has 1 atom stereocenters. The van der Waals surface area contributed by atoms with E-state index in [1.54, 1.807) is 63.8 Å². The summed E-state index contributed by atoms with van der Waals surface area (Å²) in [6.45, 7) is 0. The number of rotatable bonds is 6. The lowest BCUT2D eigenvalue weighted by atomic mass is 10.1. The Morgan fingerprint density at radius 2 is 1.77 bits per heavy atom. The van der Waals surface area contributed by atoms with Gasteiger partial charge in [-0.2, -0.15) is 5.10 Å². The average molecular weight is 422 g/mol. The molecule has 0 saturated heterocycles. The summed E-state index contributed by atoms with van der Waals surface area (Å²) in [6, 6.07) is 13.3. The molecule has 2 amide bonds. The summed E-state index contributed by atoms with van der Waals surface area (Å²) in [5.41, 5.74) is 1.97. The Balaban J connectivity index is 1.62. The van der Waals surface area contributed by atoms with Crippen LogP contribution in [0.5, 0.6) is 17.2 Å². The minimum atomic E-state index is -0.778. The number of methoxy groups -OCH3 is 3. The van der Waals surface area contributed by atoms with Gasteiger partial charge in [0.2, 0.25) is 11.8 Å². The molecule has 1 aliphatic rings. The summed E-state index contributed by atoms with van der Waals surface area (Å²) in [7, 11) is 4.69. The summed E-state index contributed by atoms with van der Waals surface area (Å²) in [4.78, 5) is 25.2. The van der Waals surface area contributed by atoms with Crippen molar-refractivity contribution in [3.63, 3.8) is 0 Å². The molecule has 4 rings (SSSR count). The molecule has 0 bridgehead atoms. The van der Waals surface area contributed by atoms with Crippen molar-refractivity contribution >= 4 is 23.3 Å². The third-order valence-electron chi connectivity index (χ3n) is 5.02. The van der Waals surface area contributed by atoms with Crippen molar-refractivity contribution in [3.05, 3.63) is 48.5 Å². The largest absolute Gasteiger partial charge is 0.497 e. The van der Waals surface area contributed by atoms with Crippen molar-refractivity contribution in [1.29, 1.82) is 0 Å². The number of carbonyl (C=O) groups excluding carboxylic acids is 2. The number of nitrogens with one attached hydrogen (secondary N) is 2. The van der Waals surface area contributed by atoms with Gasteiger partial charge in [-0.05, 0) is 42.5 Å². The van der Waals surface area contributed by atoms with Crippen LogP contribution >= 0.6 is 0 Å². The molecule has 0 spiro atoms. The summed E-state index contributed by atoms with van der Waals surface area (Å²) >= 11 is 0. The maximum atomic E-state index is 12.9. The van der Waals surface area contributed by atoms with Crippen LogP contribution in [0.3, 0.4) is 0 Å². The highest BCUT2D eigenvalue weighted by atomic mass is 16.5. The fourth-order valence-electron chi connectivity index (χ4n) is 3.42. The van der Waals surface area contributed by atoms with Crippen molar-refractivity contribution in [2.45, 2.75) is 12.5 Å². The number of carbonyl (C=O) groups is 2. The van der Waals surface area contributed by atoms with Crippen LogP contribution in [0.25, 0.3) is 11.3 Å². The lowest BCUT2D eigenvalue weighted by molar-refractivity contribution is -0.125. The summed E-state index contributed by atoms with van der Waals surface area (Å²) in [5, 5.41) is 10.2. The quantitative estimate of drug-likeness (QED) is 0.633. The number of aromatic nitrogens is 2. The predicted molar refractivity (Wildman–Crippen MR) is 115 cm³/mol. The van der Waals surface area contributed by atoms with E-state index < -0.39 is 6.04 Å². The smallest absolute Gasteiger partial charge is 0.249 e. The molecule has 31 heavy (non-hydrogen) atoms. The second kappa shape index (κ2) is 8.39. The second-order valence-electron chi connectivity index (χ2n) is 6.92. The first-order valence-electron chi connectivity index (χ1n) is 9.59. The van der Waals surface area contributed by atoms with Crippen molar-refractivity contribution in [1.82, 2.24) is 9.78 Å². The maximum absolute atomic E-state index is 12.9. The van der Waals surface area contributed by atoms with Crippen LogP contribution in [-0.4, -0.2) is 42.9 Å². The maximum Gasteiger partial charge on any atom is 0.249 e. The molecule has 160 valence electrons. The normalized spacial score (nSPS) is 14.9. The molecule has 1 aliphatic heterocycles. The lowest BCUT2D eigenvalue weighted by Crippen LogP contribution is -2.35. The zero-order chi connectivity index (χ0) is 22.0. The molecule has 2 aromatic carbocycles. The van der Waals surface area contributed by atoms with E-state index >= 15 is 0 Å². The first-order chi connectivity index (χ1) is 15.0. The number of nitrogens with zero attached hydrogens (tertiary/aromatic N) is 2. The SMILES string of the molecule is COc1ccc(NC(=O)[C@H]2CC(=O)Nc3cc(-c4ccc(OC)c(OC)c4)nn32)cc1. The summed E-state index contributed by atoms with van der Waals surface area (Å²) in [6.07, 6.45) is -0.0119. The molecule has 2 heterocycles. The van der Waals surface area contributed by atoms with Gasteiger partial charge in [-0.3, -0.25) is 9.59 Å². The van der Waals surface area contributed by atoms with E-state index in [-0.39, 0.29) is 18.2 Å².